The van der Waals surface area contributed by atoms with Crippen molar-refractivity contribution in [3.63, 3.8) is 0 Å². The summed E-state index contributed by atoms with van der Waals surface area (Å²) in [7, 11) is -6.01. The molecule has 0 aliphatic rings. The van der Waals surface area contributed by atoms with Crippen LogP contribution in [0.3, 0.4) is 0 Å². The predicted molar refractivity (Wildman–Crippen MR) is 84.5 cm³/mol. The average Bonchev–Trinajstić information content (AvgIpc) is 2.66. The first-order valence-corrected chi connectivity index (χ1v) is 10.9. The van der Waals surface area contributed by atoms with E-state index >= 15 is 0 Å². The molecule has 1 rings (SSSR count). The van der Waals surface area contributed by atoms with Crippen LogP contribution < -0.4 is 0 Å². The number of isocyanates is 1. The number of halogens is 12. The Labute approximate surface area is 179 Å². The number of carbonyl (C=O) groups excluding carboxylic acids is 1. The fraction of sp³-hybridized carbons (Fsp3) is 0.444. The number of alkyl halides is 12. The highest BCUT2D eigenvalue weighted by Gasteiger charge is 2.47. The first-order chi connectivity index (χ1) is 13.6. The largest absolute Gasteiger partial charge is 0.447 e. The lowest BCUT2D eigenvalue weighted by atomic mass is 10.6. The van der Waals surface area contributed by atoms with E-state index in [0.29, 0.717) is 0 Å². The molecule has 1 heterocycles. The quantitative estimate of drug-likeness (QED) is 0.170. The summed E-state index contributed by atoms with van der Waals surface area (Å²) in [5, 5.41) is -4.49. The van der Waals surface area contributed by atoms with Crippen molar-refractivity contribution in [2.75, 3.05) is 0 Å². The molecular formula is C9F12N2O3S5. The number of hydrogen-bond acceptors (Lipinski definition) is 7. The number of aromatic nitrogens is 1. The lowest BCUT2D eigenvalue weighted by molar-refractivity contribution is -0.0354. The van der Waals surface area contributed by atoms with Gasteiger partial charge in [0.15, 0.2) is 0 Å². The van der Waals surface area contributed by atoms with Crippen LogP contribution >= 0.6 is 47.0 Å². The second kappa shape index (κ2) is 9.20. The van der Waals surface area contributed by atoms with E-state index in [1.54, 1.807) is 0 Å². The Morgan fingerprint density at radius 1 is 0.645 bits per heavy atom. The van der Waals surface area contributed by atoms with Crippen LogP contribution in [0.15, 0.2) is 24.2 Å². The fourth-order valence-electron chi connectivity index (χ4n) is 1.57. The first-order valence-electron chi connectivity index (χ1n) is 6.22. The highest BCUT2D eigenvalue weighted by molar-refractivity contribution is 8.06. The molecular weight excluding hydrogens is 572 g/mol. The molecule has 0 amide bonds. The van der Waals surface area contributed by atoms with Gasteiger partial charge in [-0.25, -0.2) is 8.77 Å². The third-order valence-electron chi connectivity index (χ3n) is 2.21. The Morgan fingerprint density at radius 2 is 0.935 bits per heavy atom. The molecule has 1 aromatic rings. The molecule has 1 aromatic heterocycles. The normalized spacial score (nSPS) is 13.9. The highest BCUT2D eigenvalue weighted by atomic mass is 32.2. The minimum Gasteiger partial charge on any atom is -0.210 e. The van der Waals surface area contributed by atoms with Crippen LogP contribution in [0, 0.1) is 0 Å². The molecule has 178 valence electrons. The maximum Gasteiger partial charge on any atom is 0.447 e. The Morgan fingerprint density at radius 3 is 1.16 bits per heavy atom. The van der Waals surface area contributed by atoms with Gasteiger partial charge >= 0.3 is 32.2 Å². The van der Waals surface area contributed by atoms with Crippen LogP contribution in [-0.2, 0) is 15.0 Å². The maximum absolute atomic E-state index is 12.8. The molecule has 0 spiro atoms. The van der Waals surface area contributed by atoms with Crippen LogP contribution in [0.1, 0.15) is 0 Å². The Balaban J connectivity index is 4.22. The third kappa shape index (κ3) is 8.91. The van der Waals surface area contributed by atoms with E-state index in [-0.39, 0.29) is 6.08 Å². The van der Waals surface area contributed by atoms with Gasteiger partial charge in [-0.05, 0) is 23.5 Å². The van der Waals surface area contributed by atoms with Gasteiger partial charge < -0.3 is 0 Å². The molecule has 5 nitrogen and oxygen atoms in total. The molecule has 0 aliphatic heterocycles. The molecule has 0 bridgehead atoms. The van der Waals surface area contributed by atoms with E-state index in [0.717, 1.165) is 0 Å². The fourth-order valence-corrected chi connectivity index (χ4v) is 6.57. The zero-order chi connectivity index (χ0) is 24.6. The molecule has 0 saturated heterocycles. The number of rotatable bonds is 6. The lowest BCUT2D eigenvalue weighted by Crippen LogP contribution is -2.15. The Kier molecular flexibility index (Phi) is 8.37. The molecule has 0 atom stereocenters. The van der Waals surface area contributed by atoms with E-state index in [1.165, 1.54) is 0 Å². The van der Waals surface area contributed by atoms with Crippen molar-refractivity contribution >= 4 is 63.3 Å². The molecule has 0 saturated carbocycles. The minimum absolute atomic E-state index is 0.239. The number of thioether (sulfide) groups is 4. The lowest BCUT2D eigenvalue weighted by Gasteiger charge is -2.13. The summed E-state index contributed by atoms with van der Waals surface area (Å²) in [6.45, 7) is 0. The van der Waals surface area contributed by atoms with Crippen LogP contribution in [0.5, 0.6) is 0 Å². The minimum atomic E-state index is -6.01. The van der Waals surface area contributed by atoms with Gasteiger partial charge in [0.2, 0.25) is 0 Å². The van der Waals surface area contributed by atoms with E-state index in [4.69, 9.17) is 0 Å². The van der Waals surface area contributed by atoms with Crippen LogP contribution in [0.4, 0.5) is 52.7 Å². The summed E-state index contributed by atoms with van der Waals surface area (Å²) in [5.41, 5.74) is -22.7. The van der Waals surface area contributed by atoms with Gasteiger partial charge in [0, 0.05) is 23.5 Å². The second-order valence-corrected chi connectivity index (χ2v) is 10.1. The summed E-state index contributed by atoms with van der Waals surface area (Å²) >= 11 is -6.94. The zero-order valence-electron chi connectivity index (χ0n) is 13.2. The van der Waals surface area contributed by atoms with Gasteiger partial charge in [-0.1, -0.05) is 4.40 Å². The Bertz CT molecular complexity index is 915. The van der Waals surface area contributed by atoms with E-state index in [9.17, 15) is 65.9 Å². The highest BCUT2D eigenvalue weighted by Crippen LogP contribution is 2.58. The summed E-state index contributed by atoms with van der Waals surface area (Å²) in [6, 6.07) is 0. The molecule has 22 heteroatoms. The average molecular weight is 572 g/mol. The standard InChI is InChI=1S/C9F12N2O3S5/c10-6(11,12)27-2-3(28-7(13,14)15)5(30-9(19,20)21)23(31(25,26)22-1-24)4(2)29-8(16,17)18. The van der Waals surface area contributed by atoms with E-state index < -0.39 is 103 Å². The van der Waals surface area contributed by atoms with Crippen LogP contribution in [-0.4, -0.2) is 40.5 Å². The van der Waals surface area contributed by atoms with E-state index in [1.807, 2.05) is 4.40 Å². The second-order valence-electron chi connectivity index (χ2n) is 4.38. The van der Waals surface area contributed by atoms with Crippen LogP contribution in [0.25, 0.3) is 0 Å². The Hall–Kier alpha value is -0.830. The third-order valence-corrected chi connectivity index (χ3v) is 7.25. The molecule has 0 N–H and O–H groups in total. The molecule has 0 aliphatic carbocycles. The molecule has 0 fully saturated rings. The van der Waals surface area contributed by atoms with Gasteiger partial charge in [0.1, 0.15) is 10.1 Å². The maximum atomic E-state index is 12.8. The molecule has 0 radical (unpaired) electrons. The van der Waals surface area contributed by atoms with Gasteiger partial charge in [0.05, 0.1) is 9.79 Å². The first kappa shape index (κ1) is 28.2. The van der Waals surface area contributed by atoms with E-state index in [2.05, 4.69) is 0 Å². The predicted octanol–water partition coefficient (Wildman–Crippen LogP) is 6.36. The van der Waals surface area contributed by atoms with Crippen molar-refractivity contribution in [3.8, 4) is 0 Å². The van der Waals surface area contributed by atoms with Crippen molar-refractivity contribution in [2.45, 2.75) is 41.9 Å². The summed E-state index contributed by atoms with van der Waals surface area (Å²) in [5.74, 6) is 0. The van der Waals surface area contributed by atoms with Crippen molar-refractivity contribution < 1.29 is 65.9 Å². The summed E-state index contributed by atoms with van der Waals surface area (Å²) in [4.78, 5) is 5.93. The van der Waals surface area contributed by atoms with Crippen molar-refractivity contribution in [1.29, 1.82) is 0 Å². The SMILES string of the molecule is O=C=NS(=O)(=O)n1c(SC(F)(F)F)c(SC(F)(F)F)c(SC(F)(F)F)c1SC(F)(F)F. The summed E-state index contributed by atoms with van der Waals surface area (Å²) in [6.07, 6.45) is 0.239. The smallest absolute Gasteiger partial charge is 0.210 e. The topological polar surface area (TPSA) is 68.5 Å². The number of nitrogens with zero attached hydrogens (tertiary/aromatic N) is 2. The van der Waals surface area contributed by atoms with Gasteiger partial charge in [-0.15, -0.1) is 0 Å². The molecule has 31 heavy (non-hydrogen) atoms. The number of hydrogen-bond donors (Lipinski definition) is 0. The van der Waals surface area contributed by atoms with Gasteiger partial charge in [-0.3, -0.25) is 0 Å². The molecule has 0 aromatic carbocycles. The van der Waals surface area contributed by atoms with Gasteiger partial charge in [-0.2, -0.15) is 61.1 Å². The van der Waals surface area contributed by atoms with Crippen LogP contribution in [0.2, 0.25) is 0 Å². The van der Waals surface area contributed by atoms with Crippen molar-refractivity contribution in [1.82, 2.24) is 3.97 Å². The van der Waals surface area contributed by atoms with Crippen molar-refractivity contribution in [2.24, 2.45) is 4.40 Å². The zero-order valence-corrected chi connectivity index (χ0v) is 17.3. The van der Waals surface area contributed by atoms with Crippen molar-refractivity contribution in [3.05, 3.63) is 0 Å². The summed E-state index contributed by atoms with van der Waals surface area (Å²) < 4.78 is 178. The van der Waals surface area contributed by atoms with Gasteiger partial charge in [0.25, 0.3) is 6.08 Å². The molecule has 0 unspecified atom stereocenters. The monoisotopic (exact) mass is 572 g/mol.